The number of nitrogens with zero attached hydrogens (tertiary/aromatic N) is 2. The van der Waals surface area contributed by atoms with E-state index in [9.17, 15) is 0 Å². The Hall–Kier alpha value is -0.190. The second kappa shape index (κ2) is 7.29. The minimum absolute atomic E-state index is 0.281. The normalized spacial score (nSPS) is 13.3. The number of rotatable bonds is 7. The van der Waals surface area contributed by atoms with E-state index in [1.807, 2.05) is 23.5 Å². The average molecular weight is 276 g/mol. The van der Waals surface area contributed by atoms with E-state index < -0.39 is 0 Å². The van der Waals surface area contributed by atoms with Crippen LogP contribution < -0.4 is 5.32 Å². The van der Waals surface area contributed by atoms with Crippen LogP contribution in [0.4, 0.5) is 0 Å². The monoisotopic (exact) mass is 275 g/mol. The zero-order valence-electron chi connectivity index (χ0n) is 11.0. The highest BCUT2D eigenvalue weighted by Gasteiger charge is 2.18. The van der Waals surface area contributed by atoms with Crippen molar-refractivity contribution in [2.75, 3.05) is 18.1 Å². The summed E-state index contributed by atoms with van der Waals surface area (Å²) in [6, 6.07) is 0.281. The van der Waals surface area contributed by atoms with E-state index in [1.165, 1.54) is 5.75 Å². The van der Waals surface area contributed by atoms with Gasteiger partial charge in [-0.15, -0.1) is 0 Å². The van der Waals surface area contributed by atoms with Crippen molar-refractivity contribution in [3.63, 3.8) is 0 Å². The third kappa shape index (κ3) is 4.53. The topological polar surface area (TPSA) is 29.9 Å². The van der Waals surface area contributed by atoms with Gasteiger partial charge in [-0.3, -0.25) is 4.68 Å². The van der Waals surface area contributed by atoms with Crippen molar-refractivity contribution in [2.45, 2.75) is 26.8 Å². The number of halogens is 1. The summed E-state index contributed by atoms with van der Waals surface area (Å²) in [5, 5.41) is 8.43. The third-order valence-electron chi connectivity index (χ3n) is 2.45. The maximum Gasteiger partial charge on any atom is 0.0834 e. The Balaban J connectivity index is 2.65. The third-order valence-corrected chi connectivity index (χ3v) is 4.22. The molecule has 0 saturated carbocycles. The van der Waals surface area contributed by atoms with Crippen LogP contribution in [0.2, 0.25) is 5.02 Å². The van der Waals surface area contributed by atoms with Crippen molar-refractivity contribution >= 4 is 23.4 Å². The first kappa shape index (κ1) is 14.9. The van der Waals surface area contributed by atoms with Gasteiger partial charge in [0.1, 0.15) is 0 Å². The second-order valence-electron chi connectivity index (χ2n) is 4.54. The fourth-order valence-electron chi connectivity index (χ4n) is 1.71. The molecule has 0 saturated heterocycles. The van der Waals surface area contributed by atoms with Gasteiger partial charge in [0.25, 0.3) is 0 Å². The minimum Gasteiger partial charge on any atom is -0.308 e. The summed E-state index contributed by atoms with van der Waals surface area (Å²) in [6.07, 6.45) is 1.72. The molecular weight excluding hydrogens is 254 g/mol. The number of hydrogen-bond donors (Lipinski definition) is 1. The molecule has 1 aromatic heterocycles. The summed E-state index contributed by atoms with van der Waals surface area (Å²) in [5.41, 5.74) is 1.09. The van der Waals surface area contributed by atoms with Gasteiger partial charge in [0, 0.05) is 12.8 Å². The quantitative estimate of drug-likeness (QED) is 0.829. The predicted octanol–water partition coefficient (Wildman–Crippen LogP) is 3.11. The molecule has 98 valence electrons. The first-order chi connectivity index (χ1) is 8.06. The van der Waals surface area contributed by atoms with Crippen molar-refractivity contribution in [3.8, 4) is 0 Å². The van der Waals surface area contributed by atoms with Crippen molar-refractivity contribution in [1.29, 1.82) is 0 Å². The fourth-order valence-corrected chi connectivity index (χ4v) is 3.13. The summed E-state index contributed by atoms with van der Waals surface area (Å²) >= 11 is 8.15. The van der Waals surface area contributed by atoms with Gasteiger partial charge in [-0.2, -0.15) is 16.9 Å². The van der Waals surface area contributed by atoms with Crippen LogP contribution in [-0.4, -0.2) is 27.8 Å². The molecule has 0 fully saturated rings. The Morgan fingerprint density at radius 2 is 2.18 bits per heavy atom. The average Bonchev–Trinajstić information content (AvgIpc) is 2.57. The smallest absolute Gasteiger partial charge is 0.0834 e. The van der Waals surface area contributed by atoms with Gasteiger partial charge < -0.3 is 5.32 Å². The molecule has 1 aromatic rings. The van der Waals surface area contributed by atoms with E-state index in [1.54, 1.807) is 6.20 Å². The molecule has 17 heavy (non-hydrogen) atoms. The SMILES string of the molecule is CCNC(CSCC(C)C)c1c(Cl)cnn1C. The van der Waals surface area contributed by atoms with Crippen LogP contribution in [0.15, 0.2) is 6.20 Å². The van der Waals surface area contributed by atoms with Crippen LogP contribution in [0.25, 0.3) is 0 Å². The second-order valence-corrected chi connectivity index (χ2v) is 6.03. The lowest BCUT2D eigenvalue weighted by Crippen LogP contribution is -2.25. The molecular formula is C12H22ClN3S. The molecule has 1 heterocycles. The molecule has 0 aliphatic rings. The molecule has 1 N–H and O–H groups in total. The molecule has 0 amide bonds. The van der Waals surface area contributed by atoms with Crippen LogP contribution in [-0.2, 0) is 7.05 Å². The molecule has 1 atom stereocenters. The number of aryl methyl sites for hydroxylation is 1. The van der Waals surface area contributed by atoms with Gasteiger partial charge in [-0.05, 0) is 18.2 Å². The molecule has 0 aromatic carbocycles. The summed E-state index contributed by atoms with van der Waals surface area (Å²) in [6.45, 7) is 7.54. The van der Waals surface area contributed by atoms with Crippen molar-refractivity contribution in [1.82, 2.24) is 15.1 Å². The van der Waals surface area contributed by atoms with Gasteiger partial charge in [-0.1, -0.05) is 32.4 Å². The lowest BCUT2D eigenvalue weighted by atomic mass is 10.2. The van der Waals surface area contributed by atoms with Crippen LogP contribution in [0, 0.1) is 5.92 Å². The standard InChI is InChI=1S/C12H22ClN3S/c1-5-14-11(8-17-7-9(2)3)12-10(13)6-15-16(12)4/h6,9,11,14H,5,7-8H2,1-4H3. The van der Waals surface area contributed by atoms with Crippen molar-refractivity contribution < 1.29 is 0 Å². The maximum absolute atomic E-state index is 6.18. The van der Waals surface area contributed by atoms with E-state index in [-0.39, 0.29) is 6.04 Å². The Morgan fingerprint density at radius 1 is 1.47 bits per heavy atom. The Morgan fingerprint density at radius 3 is 2.65 bits per heavy atom. The summed E-state index contributed by atoms with van der Waals surface area (Å²) in [4.78, 5) is 0. The van der Waals surface area contributed by atoms with Crippen molar-refractivity contribution in [3.05, 3.63) is 16.9 Å². The molecule has 1 unspecified atom stereocenters. The van der Waals surface area contributed by atoms with Crippen LogP contribution >= 0.6 is 23.4 Å². The molecule has 5 heteroatoms. The van der Waals surface area contributed by atoms with E-state index >= 15 is 0 Å². The van der Waals surface area contributed by atoms with Crippen LogP contribution in [0.3, 0.4) is 0 Å². The number of nitrogens with one attached hydrogen (secondary N) is 1. The largest absolute Gasteiger partial charge is 0.308 e. The van der Waals surface area contributed by atoms with Gasteiger partial charge in [0.2, 0.25) is 0 Å². The molecule has 3 nitrogen and oxygen atoms in total. The molecule has 1 rings (SSSR count). The summed E-state index contributed by atoms with van der Waals surface area (Å²) in [7, 11) is 1.94. The molecule has 0 aliphatic heterocycles. The molecule has 0 bridgehead atoms. The van der Waals surface area contributed by atoms with E-state index in [2.05, 4.69) is 31.2 Å². The molecule has 0 radical (unpaired) electrons. The highest BCUT2D eigenvalue weighted by atomic mass is 35.5. The highest BCUT2D eigenvalue weighted by Crippen LogP contribution is 2.25. The van der Waals surface area contributed by atoms with Gasteiger partial charge in [-0.25, -0.2) is 0 Å². The van der Waals surface area contributed by atoms with E-state index in [0.717, 1.165) is 28.9 Å². The number of hydrogen-bond acceptors (Lipinski definition) is 3. The molecule has 0 aliphatic carbocycles. The summed E-state index contributed by atoms with van der Waals surface area (Å²) < 4.78 is 1.87. The van der Waals surface area contributed by atoms with E-state index in [4.69, 9.17) is 11.6 Å². The van der Waals surface area contributed by atoms with Gasteiger partial charge in [0.15, 0.2) is 0 Å². The first-order valence-electron chi connectivity index (χ1n) is 6.04. The lowest BCUT2D eigenvalue weighted by molar-refractivity contribution is 0.552. The zero-order valence-corrected chi connectivity index (χ0v) is 12.6. The van der Waals surface area contributed by atoms with E-state index in [0.29, 0.717) is 0 Å². The van der Waals surface area contributed by atoms with Crippen LogP contribution in [0.1, 0.15) is 32.5 Å². The van der Waals surface area contributed by atoms with Gasteiger partial charge in [0.05, 0.1) is 23.0 Å². The number of thioether (sulfide) groups is 1. The number of aromatic nitrogens is 2. The fraction of sp³-hybridized carbons (Fsp3) is 0.750. The summed E-state index contributed by atoms with van der Waals surface area (Å²) in [5.74, 6) is 2.94. The Kier molecular flexibility index (Phi) is 6.38. The predicted molar refractivity (Wildman–Crippen MR) is 76.8 cm³/mol. The first-order valence-corrected chi connectivity index (χ1v) is 7.58. The lowest BCUT2D eigenvalue weighted by Gasteiger charge is -2.19. The highest BCUT2D eigenvalue weighted by molar-refractivity contribution is 7.99. The molecule has 0 spiro atoms. The minimum atomic E-state index is 0.281. The van der Waals surface area contributed by atoms with Gasteiger partial charge >= 0.3 is 0 Å². The maximum atomic E-state index is 6.18. The zero-order chi connectivity index (χ0) is 12.8. The van der Waals surface area contributed by atoms with Crippen LogP contribution in [0.5, 0.6) is 0 Å². The Labute approximate surface area is 113 Å². The van der Waals surface area contributed by atoms with Crippen molar-refractivity contribution in [2.24, 2.45) is 13.0 Å². The Bertz CT molecular complexity index is 319.